The molecule has 0 saturated carbocycles. The Bertz CT molecular complexity index is 311. The van der Waals surface area contributed by atoms with Crippen molar-refractivity contribution in [2.45, 2.75) is 0 Å². The lowest BCUT2D eigenvalue weighted by molar-refractivity contribution is 0.0601. The van der Waals surface area contributed by atoms with E-state index in [1.807, 2.05) is 0 Å². The molecule has 0 aromatic carbocycles. The Morgan fingerprint density at radius 1 is 1.67 bits per heavy atom. The number of methoxy groups -OCH3 is 1. The molecular weight excluding hydrogens is 160 g/mol. The van der Waals surface area contributed by atoms with Gasteiger partial charge in [-0.25, -0.2) is 9.78 Å². The van der Waals surface area contributed by atoms with E-state index in [1.54, 1.807) is 0 Å². The van der Waals surface area contributed by atoms with Gasteiger partial charge in [0.2, 0.25) is 5.82 Å². The number of carbonyl (C=O) groups excluding carboxylic acids is 1. The summed E-state index contributed by atoms with van der Waals surface area (Å²) in [6, 6.07) is 2.95. The summed E-state index contributed by atoms with van der Waals surface area (Å²) in [4.78, 5) is 24.6. The molecule has 1 heterocycles. The first-order valence-corrected chi connectivity index (χ1v) is 3.16. The van der Waals surface area contributed by atoms with E-state index in [0.29, 0.717) is 0 Å². The van der Waals surface area contributed by atoms with Crippen molar-refractivity contribution < 1.29 is 9.53 Å². The van der Waals surface area contributed by atoms with Gasteiger partial charge in [-0.1, -0.05) is 0 Å². The van der Waals surface area contributed by atoms with E-state index in [9.17, 15) is 9.70 Å². The zero-order valence-corrected chi connectivity index (χ0v) is 6.35. The average molecular weight is 166 g/mol. The Hall–Kier alpha value is -1.78. The van der Waals surface area contributed by atoms with Crippen molar-refractivity contribution in [3.05, 3.63) is 28.8 Å². The van der Waals surface area contributed by atoms with Crippen LogP contribution in [0.15, 0.2) is 23.5 Å². The maximum atomic E-state index is 10.9. The summed E-state index contributed by atoms with van der Waals surface area (Å²) in [5.41, 5.74) is 0.0787. The van der Waals surface area contributed by atoms with Crippen molar-refractivity contribution >= 4 is 11.8 Å². The minimum Gasteiger partial charge on any atom is -0.465 e. The molecule has 0 spiro atoms. The predicted molar refractivity (Wildman–Crippen MR) is 41.0 cm³/mol. The second kappa shape index (κ2) is 3.56. The number of nitrogens with zero attached hydrogens (tertiary/aromatic N) is 2. The number of rotatable bonds is 2. The highest BCUT2D eigenvalue weighted by molar-refractivity contribution is 5.93. The Morgan fingerprint density at radius 3 is 3.00 bits per heavy atom. The van der Waals surface area contributed by atoms with Crippen LogP contribution < -0.4 is 0 Å². The first-order valence-electron chi connectivity index (χ1n) is 3.16. The van der Waals surface area contributed by atoms with Gasteiger partial charge in [0.05, 0.1) is 7.11 Å². The van der Waals surface area contributed by atoms with Crippen molar-refractivity contribution in [1.82, 2.24) is 4.98 Å². The van der Waals surface area contributed by atoms with Gasteiger partial charge >= 0.3 is 5.97 Å². The third-order valence-corrected chi connectivity index (χ3v) is 1.28. The Labute approximate surface area is 68.4 Å². The first-order chi connectivity index (χ1) is 5.79. The average Bonchev–Trinajstić information content (AvgIpc) is 2.16. The Morgan fingerprint density at radius 2 is 2.42 bits per heavy atom. The van der Waals surface area contributed by atoms with E-state index < -0.39 is 5.97 Å². The lowest BCUT2D eigenvalue weighted by atomic mass is 10.2. The third-order valence-electron chi connectivity index (χ3n) is 1.28. The minimum absolute atomic E-state index is 0.0787. The summed E-state index contributed by atoms with van der Waals surface area (Å²) in [6.07, 6.45) is 1.38. The molecule has 0 bridgehead atoms. The predicted octanol–water partition coefficient (Wildman–Crippen LogP) is 1.27. The van der Waals surface area contributed by atoms with Crippen LogP contribution in [0, 0.1) is 4.91 Å². The first kappa shape index (κ1) is 8.32. The third kappa shape index (κ3) is 1.45. The van der Waals surface area contributed by atoms with Gasteiger partial charge in [0.1, 0.15) is 5.56 Å². The summed E-state index contributed by atoms with van der Waals surface area (Å²) < 4.78 is 4.40. The Balaban J connectivity index is 3.13. The number of esters is 1. The van der Waals surface area contributed by atoms with Gasteiger partial charge in [0.15, 0.2) is 0 Å². The van der Waals surface area contributed by atoms with Crippen LogP contribution in [0.25, 0.3) is 0 Å². The number of ether oxygens (including phenoxy) is 1. The van der Waals surface area contributed by atoms with Crippen LogP contribution >= 0.6 is 0 Å². The SMILES string of the molecule is COC(=O)c1cccnc1N=O. The lowest BCUT2D eigenvalue weighted by Crippen LogP contribution is -2.01. The molecule has 1 aromatic heterocycles. The molecule has 0 atom stereocenters. The maximum Gasteiger partial charge on any atom is 0.341 e. The number of aromatic nitrogens is 1. The number of pyridine rings is 1. The molecule has 0 aliphatic carbocycles. The van der Waals surface area contributed by atoms with E-state index in [0.717, 1.165) is 0 Å². The van der Waals surface area contributed by atoms with Gasteiger partial charge in [-0.2, -0.15) is 0 Å². The smallest absolute Gasteiger partial charge is 0.341 e. The fourth-order valence-corrected chi connectivity index (χ4v) is 0.739. The molecular formula is C7H6N2O3. The number of nitroso groups, excluding NO2 is 1. The zero-order chi connectivity index (χ0) is 8.97. The second-order valence-corrected chi connectivity index (χ2v) is 1.96. The van der Waals surface area contributed by atoms with Crippen LogP contribution in [0.4, 0.5) is 5.82 Å². The molecule has 5 nitrogen and oxygen atoms in total. The monoisotopic (exact) mass is 166 g/mol. The van der Waals surface area contributed by atoms with E-state index in [4.69, 9.17) is 0 Å². The van der Waals surface area contributed by atoms with Gasteiger partial charge in [0.25, 0.3) is 0 Å². The van der Waals surface area contributed by atoms with E-state index in [1.165, 1.54) is 25.4 Å². The van der Waals surface area contributed by atoms with Crippen molar-refractivity contribution in [3.8, 4) is 0 Å². The molecule has 62 valence electrons. The summed E-state index contributed by atoms with van der Waals surface area (Å²) in [5.74, 6) is -0.762. The molecule has 5 heteroatoms. The summed E-state index contributed by atoms with van der Waals surface area (Å²) in [6.45, 7) is 0. The highest BCUT2D eigenvalue weighted by Gasteiger charge is 2.11. The van der Waals surface area contributed by atoms with Crippen LogP contribution in [0.1, 0.15) is 10.4 Å². The number of hydrogen-bond acceptors (Lipinski definition) is 5. The molecule has 0 aliphatic heterocycles. The van der Waals surface area contributed by atoms with Gasteiger partial charge in [-0.3, -0.25) is 0 Å². The van der Waals surface area contributed by atoms with Crippen molar-refractivity contribution in [2.75, 3.05) is 7.11 Å². The minimum atomic E-state index is -0.613. The zero-order valence-electron chi connectivity index (χ0n) is 6.35. The molecule has 0 radical (unpaired) electrons. The van der Waals surface area contributed by atoms with Gasteiger partial charge in [-0.15, -0.1) is 4.91 Å². The van der Waals surface area contributed by atoms with Crippen molar-refractivity contribution in [2.24, 2.45) is 5.18 Å². The quantitative estimate of drug-likeness (QED) is 0.490. The van der Waals surface area contributed by atoms with Crippen LogP contribution in [0.3, 0.4) is 0 Å². The van der Waals surface area contributed by atoms with E-state index >= 15 is 0 Å². The highest BCUT2D eigenvalue weighted by atomic mass is 16.5. The molecule has 0 aliphatic rings. The molecule has 1 aromatic rings. The molecule has 0 fully saturated rings. The normalized spacial score (nSPS) is 9.08. The lowest BCUT2D eigenvalue weighted by Gasteiger charge is -1.98. The van der Waals surface area contributed by atoms with Crippen LogP contribution in [0.5, 0.6) is 0 Å². The molecule has 0 N–H and O–H groups in total. The summed E-state index contributed by atoms with van der Waals surface area (Å²) in [7, 11) is 1.23. The van der Waals surface area contributed by atoms with E-state index in [2.05, 4.69) is 14.9 Å². The summed E-state index contributed by atoms with van der Waals surface area (Å²) >= 11 is 0. The fraction of sp³-hybridized carbons (Fsp3) is 0.143. The largest absolute Gasteiger partial charge is 0.465 e. The molecule has 1 rings (SSSR count). The van der Waals surface area contributed by atoms with E-state index in [-0.39, 0.29) is 11.4 Å². The van der Waals surface area contributed by atoms with Crippen molar-refractivity contribution in [3.63, 3.8) is 0 Å². The van der Waals surface area contributed by atoms with Gasteiger partial charge in [-0.05, 0) is 17.3 Å². The summed E-state index contributed by atoms with van der Waals surface area (Å²) in [5, 5.41) is 2.58. The maximum absolute atomic E-state index is 10.9. The topological polar surface area (TPSA) is 68.6 Å². The second-order valence-electron chi connectivity index (χ2n) is 1.96. The standard InChI is InChI=1S/C7H6N2O3/c1-12-7(10)5-3-2-4-8-6(5)9-11/h2-4H,1H3. The molecule has 0 amide bonds. The molecule has 0 unspecified atom stereocenters. The van der Waals surface area contributed by atoms with Gasteiger partial charge < -0.3 is 4.74 Å². The van der Waals surface area contributed by atoms with Crippen LogP contribution in [-0.2, 0) is 4.74 Å². The van der Waals surface area contributed by atoms with Crippen molar-refractivity contribution in [1.29, 1.82) is 0 Å². The van der Waals surface area contributed by atoms with Crippen LogP contribution in [0.2, 0.25) is 0 Å². The Kier molecular flexibility index (Phi) is 2.47. The molecule has 12 heavy (non-hydrogen) atoms. The van der Waals surface area contributed by atoms with Crippen LogP contribution in [-0.4, -0.2) is 18.1 Å². The fourth-order valence-electron chi connectivity index (χ4n) is 0.739. The molecule has 0 saturated heterocycles. The van der Waals surface area contributed by atoms with Gasteiger partial charge in [0, 0.05) is 6.20 Å². The number of hydrogen-bond donors (Lipinski definition) is 0. The number of carbonyl (C=O) groups is 1. The highest BCUT2D eigenvalue weighted by Crippen LogP contribution is 2.14.